The van der Waals surface area contributed by atoms with E-state index < -0.39 is 11.6 Å². The Balaban J connectivity index is 2.74. The largest absolute Gasteiger partial charge is 0.392 e. The third-order valence-electron chi connectivity index (χ3n) is 3.19. The second-order valence-electron chi connectivity index (χ2n) is 5.26. The molecule has 0 saturated carbocycles. The maximum absolute atomic E-state index is 12.4. The van der Waals surface area contributed by atoms with Gasteiger partial charge in [0.15, 0.2) is 0 Å². The summed E-state index contributed by atoms with van der Waals surface area (Å²) in [6.07, 6.45) is 1.45. The lowest BCUT2D eigenvalue weighted by Crippen LogP contribution is -2.56. The highest BCUT2D eigenvalue weighted by atomic mass is 16.3. The number of rotatable bonds is 4. The first kappa shape index (κ1) is 13.5. The van der Waals surface area contributed by atoms with Gasteiger partial charge in [0.25, 0.3) is 0 Å². The molecule has 0 spiro atoms. The maximum atomic E-state index is 12.4. The lowest BCUT2D eigenvalue weighted by molar-refractivity contribution is -0.140. The van der Waals surface area contributed by atoms with Crippen LogP contribution in [0.4, 0.5) is 0 Å². The molecule has 1 aliphatic rings. The number of carbonyl (C=O) groups is 1. The van der Waals surface area contributed by atoms with Crippen molar-refractivity contribution < 1.29 is 9.90 Å². The summed E-state index contributed by atoms with van der Waals surface area (Å²) in [7, 11) is 0. The molecular formula is C12H24N2O2. The number of hydrogen-bond acceptors (Lipinski definition) is 3. The summed E-state index contributed by atoms with van der Waals surface area (Å²) in [6, 6.07) is 0.126. The minimum Gasteiger partial charge on any atom is -0.392 e. The van der Waals surface area contributed by atoms with Crippen molar-refractivity contribution in [3.05, 3.63) is 0 Å². The minimum absolute atomic E-state index is 0.112. The summed E-state index contributed by atoms with van der Waals surface area (Å²) in [5.74, 6) is 0.112. The first-order chi connectivity index (χ1) is 7.37. The van der Waals surface area contributed by atoms with E-state index in [0.29, 0.717) is 6.54 Å². The fraction of sp³-hybridized carbons (Fsp3) is 0.917. The first-order valence-electron chi connectivity index (χ1n) is 6.11. The molecule has 1 fully saturated rings. The van der Waals surface area contributed by atoms with Gasteiger partial charge in [0, 0.05) is 12.6 Å². The van der Waals surface area contributed by atoms with Gasteiger partial charge in [-0.25, -0.2) is 0 Å². The Labute approximate surface area is 98.0 Å². The molecule has 4 heteroatoms. The fourth-order valence-corrected chi connectivity index (χ4v) is 2.21. The van der Waals surface area contributed by atoms with Crippen LogP contribution in [0.1, 0.15) is 40.5 Å². The number of carbonyl (C=O) groups excluding carboxylic acids is 1. The molecule has 1 saturated heterocycles. The van der Waals surface area contributed by atoms with E-state index in [-0.39, 0.29) is 11.9 Å². The second kappa shape index (κ2) is 5.15. The van der Waals surface area contributed by atoms with Crippen molar-refractivity contribution in [1.82, 2.24) is 10.2 Å². The van der Waals surface area contributed by atoms with Crippen LogP contribution in [-0.4, -0.2) is 46.7 Å². The van der Waals surface area contributed by atoms with Gasteiger partial charge in [0.05, 0.1) is 11.6 Å². The average molecular weight is 228 g/mol. The van der Waals surface area contributed by atoms with Crippen LogP contribution in [-0.2, 0) is 4.79 Å². The van der Waals surface area contributed by atoms with E-state index >= 15 is 0 Å². The molecule has 2 atom stereocenters. The highest BCUT2D eigenvalue weighted by Crippen LogP contribution is 2.22. The third kappa shape index (κ3) is 2.95. The summed E-state index contributed by atoms with van der Waals surface area (Å²) in [5.41, 5.74) is -0.431. The SMILES string of the molecule is CC(O)CN(C(=O)C1(C)CCCN1)C(C)C. The molecule has 2 unspecified atom stereocenters. The molecule has 0 aromatic carbocycles. The van der Waals surface area contributed by atoms with Gasteiger partial charge in [0.1, 0.15) is 0 Å². The van der Waals surface area contributed by atoms with Crippen molar-refractivity contribution >= 4 is 5.91 Å². The van der Waals surface area contributed by atoms with Crippen LogP contribution in [0.15, 0.2) is 0 Å². The first-order valence-corrected chi connectivity index (χ1v) is 6.11. The van der Waals surface area contributed by atoms with Crippen LogP contribution in [0.5, 0.6) is 0 Å². The molecule has 94 valence electrons. The number of aliphatic hydroxyl groups excluding tert-OH is 1. The van der Waals surface area contributed by atoms with E-state index in [4.69, 9.17) is 0 Å². The lowest BCUT2D eigenvalue weighted by atomic mass is 9.97. The van der Waals surface area contributed by atoms with Crippen LogP contribution in [0.2, 0.25) is 0 Å². The number of nitrogens with one attached hydrogen (secondary N) is 1. The van der Waals surface area contributed by atoms with Crippen LogP contribution in [0, 0.1) is 0 Å². The van der Waals surface area contributed by atoms with Gasteiger partial charge < -0.3 is 15.3 Å². The fourth-order valence-electron chi connectivity index (χ4n) is 2.21. The molecule has 0 bridgehead atoms. The topological polar surface area (TPSA) is 52.6 Å². The molecular weight excluding hydrogens is 204 g/mol. The van der Waals surface area contributed by atoms with Gasteiger partial charge in [0.2, 0.25) is 5.91 Å². The Bertz CT molecular complexity index is 245. The van der Waals surface area contributed by atoms with Crippen molar-refractivity contribution in [2.75, 3.05) is 13.1 Å². The van der Waals surface area contributed by atoms with Crippen LogP contribution in [0.3, 0.4) is 0 Å². The zero-order chi connectivity index (χ0) is 12.3. The number of nitrogens with zero attached hydrogens (tertiary/aromatic N) is 1. The van der Waals surface area contributed by atoms with Crippen molar-refractivity contribution in [3.63, 3.8) is 0 Å². The highest BCUT2D eigenvalue weighted by Gasteiger charge is 2.39. The summed E-state index contributed by atoms with van der Waals surface area (Å²) < 4.78 is 0. The highest BCUT2D eigenvalue weighted by molar-refractivity contribution is 5.86. The van der Waals surface area contributed by atoms with E-state index in [1.807, 2.05) is 20.8 Å². The molecule has 1 aliphatic heterocycles. The van der Waals surface area contributed by atoms with E-state index in [2.05, 4.69) is 5.32 Å². The Hall–Kier alpha value is -0.610. The minimum atomic E-state index is -0.476. The molecule has 0 aromatic rings. The normalized spacial score (nSPS) is 27.1. The summed E-state index contributed by atoms with van der Waals surface area (Å²) in [6.45, 7) is 8.96. The van der Waals surface area contributed by atoms with Crippen molar-refractivity contribution in [3.8, 4) is 0 Å². The van der Waals surface area contributed by atoms with Crippen LogP contribution in [0.25, 0.3) is 0 Å². The molecule has 0 radical (unpaired) electrons. The van der Waals surface area contributed by atoms with Gasteiger partial charge in [-0.15, -0.1) is 0 Å². The molecule has 1 heterocycles. The number of aliphatic hydroxyl groups is 1. The summed E-state index contributed by atoms with van der Waals surface area (Å²) in [4.78, 5) is 14.2. The summed E-state index contributed by atoms with van der Waals surface area (Å²) in [5, 5.41) is 12.7. The Kier molecular flexibility index (Phi) is 4.33. The monoisotopic (exact) mass is 228 g/mol. The number of hydrogen-bond donors (Lipinski definition) is 2. The molecule has 0 aromatic heterocycles. The van der Waals surface area contributed by atoms with Crippen molar-refractivity contribution in [2.24, 2.45) is 0 Å². The molecule has 1 rings (SSSR count). The Morgan fingerprint density at radius 2 is 2.12 bits per heavy atom. The van der Waals surface area contributed by atoms with Gasteiger partial charge in [-0.1, -0.05) is 0 Å². The van der Waals surface area contributed by atoms with Gasteiger partial charge in [-0.05, 0) is 47.1 Å². The second-order valence-corrected chi connectivity index (χ2v) is 5.26. The van der Waals surface area contributed by atoms with E-state index in [1.54, 1.807) is 11.8 Å². The third-order valence-corrected chi connectivity index (χ3v) is 3.19. The predicted octanol–water partition coefficient (Wildman–Crippen LogP) is 0.746. The van der Waals surface area contributed by atoms with Gasteiger partial charge >= 0.3 is 0 Å². The van der Waals surface area contributed by atoms with E-state index in [1.165, 1.54) is 0 Å². The van der Waals surface area contributed by atoms with E-state index in [0.717, 1.165) is 19.4 Å². The van der Waals surface area contributed by atoms with E-state index in [9.17, 15) is 9.90 Å². The molecule has 0 aliphatic carbocycles. The van der Waals surface area contributed by atoms with Crippen molar-refractivity contribution in [1.29, 1.82) is 0 Å². The summed E-state index contributed by atoms with van der Waals surface area (Å²) >= 11 is 0. The molecule has 16 heavy (non-hydrogen) atoms. The molecule has 4 nitrogen and oxygen atoms in total. The average Bonchev–Trinajstić information content (AvgIpc) is 2.61. The Morgan fingerprint density at radius 1 is 1.50 bits per heavy atom. The lowest BCUT2D eigenvalue weighted by Gasteiger charge is -2.35. The zero-order valence-corrected chi connectivity index (χ0v) is 10.8. The Morgan fingerprint density at radius 3 is 2.50 bits per heavy atom. The quantitative estimate of drug-likeness (QED) is 0.746. The standard InChI is InChI=1S/C12H24N2O2/c1-9(2)14(8-10(3)15)11(16)12(4)6-5-7-13-12/h9-10,13,15H,5-8H2,1-4H3. The van der Waals surface area contributed by atoms with Crippen LogP contribution >= 0.6 is 0 Å². The zero-order valence-electron chi connectivity index (χ0n) is 10.8. The predicted molar refractivity (Wildman–Crippen MR) is 64.2 cm³/mol. The maximum Gasteiger partial charge on any atom is 0.242 e. The van der Waals surface area contributed by atoms with Gasteiger partial charge in [-0.3, -0.25) is 4.79 Å². The molecule has 1 amide bonds. The van der Waals surface area contributed by atoms with Crippen LogP contribution < -0.4 is 5.32 Å². The molecule has 2 N–H and O–H groups in total. The smallest absolute Gasteiger partial charge is 0.242 e. The van der Waals surface area contributed by atoms with Crippen molar-refractivity contribution in [2.45, 2.75) is 58.2 Å². The number of amides is 1. The van der Waals surface area contributed by atoms with Gasteiger partial charge in [-0.2, -0.15) is 0 Å².